The number of hydrogen-bond acceptors (Lipinski definition) is 4. The maximum absolute atomic E-state index is 12.4. The highest BCUT2D eigenvalue weighted by molar-refractivity contribution is 5.95. The molecule has 0 saturated carbocycles. The van der Waals surface area contributed by atoms with Crippen molar-refractivity contribution in [3.63, 3.8) is 0 Å². The van der Waals surface area contributed by atoms with Crippen LogP contribution in [0.3, 0.4) is 0 Å². The van der Waals surface area contributed by atoms with Gasteiger partial charge >= 0.3 is 0 Å². The molecule has 2 heterocycles. The van der Waals surface area contributed by atoms with Crippen LogP contribution in [0.15, 0.2) is 54.6 Å². The molecule has 4 rings (SSSR count). The Balaban J connectivity index is 1.50. The summed E-state index contributed by atoms with van der Waals surface area (Å²) in [6, 6.07) is 18.2. The first kappa shape index (κ1) is 22.3. The van der Waals surface area contributed by atoms with Crippen molar-refractivity contribution in [1.82, 2.24) is 15.2 Å². The standard InChI is InChI=1S/C27H34N4O/c1-3-31(2)27(32)22-14-12-21(13-15-22)25-18-26(23-10-4-5-11-24(23)30-25)29-17-7-9-20-8-6-16-28-19-20/h4-5,10-15,18,20,28H,3,6-9,16-17,19H2,1-2H3,(H,29,30). The maximum atomic E-state index is 12.4. The summed E-state index contributed by atoms with van der Waals surface area (Å²) in [6.07, 6.45) is 5.08. The van der Waals surface area contributed by atoms with Gasteiger partial charge in [0, 0.05) is 42.3 Å². The van der Waals surface area contributed by atoms with Crippen LogP contribution in [0.1, 0.15) is 43.0 Å². The predicted molar refractivity (Wildman–Crippen MR) is 133 cm³/mol. The zero-order valence-electron chi connectivity index (χ0n) is 19.2. The van der Waals surface area contributed by atoms with Crippen LogP contribution >= 0.6 is 0 Å². The van der Waals surface area contributed by atoms with E-state index in [1.165, 1.54) is 32.2 Å². The van der Waals surface area contributed by atoms with Gasteiger partial charge in [0.25, 0.3) is 5.91 Å². The molecule has 0 spiro atoms. The summed E-state index contributed by atoms with van der Waals surface area (Å²) in [7, 11) is 1.82. The molecule has 1 atom stereocenters. The lowest BCUT2D eigenvalue weighted by molar-refractivity contribution is 0.0802. The number of para-hydroxylation sites is 1. The van der Waals surface area contributed by atoms with Crippen LogP contribution < -0.4 is 10.6 Å². The number of amides is 1. The number of nitrogens with one attached hydrogen (secondary N) is 2. The van der Waals surface area contributed by atoms with Gasteiger partial charge in [-0.3, -0.25) is 4.79 Å². The molecule has 5 heteroatoms. The fraction of sp³-hybridized carbons (Fsp3) is 0.407. The third-order valence-corrected chi connectivity index (χ3v) is 6.47. The molecular formula is C27H34N4O. The van der Waals surface area contributed by atoms with E-state index in [9.17, 15) is 4.79 Å². The molecule has 0 aliphatic carbocycles. The molecule has 1 aromatic heterocycles. The molecule has 1 unspecified atom stereocenters. The van der Waals surface area contributed by atoms with E-state index in [1.807, 2.05) is 44.3 Å². The Morgan fingerprint density at radius 1 is 1.19 bits per heavy atom. The second kappa shape index (κ2) is 10.6. The predicted octanol–water partition coefficient (Wildman–Crippen LogP) is 5.19. The number of nitrogens with zero attached hydrogens (tertiary/aromatic N) is 2. The molecule has 2 aromatic carbocycles. The van der Waals surface area contributed by atoms with Crippen LogP contribution in [-0.2, 0) is 0 Å². The second-order valence-electron chi connectivity index (χ2n) is 8.75. The lowest BCUT2D eigenvalue weighted by atomic mass is 9.95. The van der Waals surface area contributed by atoms with E-state index in [0.29, 0.717) is 12.1 Å². The fourth-order valence-corrected chi connectivity index (χ4v) is 4.40. The van der Waals surface area contributed by atoms with E-state index in [0.717, 1.165) is 46.9 Å². The first-order valence-corrected chi connectivity index (χ1v) is 11.9. The number of hydrogen-bond donors (Lipinski definition) is 2. The SMILES string of the molecule is CCN(C)C(=O)c1ccc(-c2cc(NCCCC3CCCNC3)c3ccccc3n2)cc1. The van der Waals surface area contributed by atoms with Crippen LogP contribution in [0.4, 0.5) is 5.69 Å². The van der Waals surface area contributed by atoms with Crippen molar-refractivity contribution < 1.29 is 4.79 Å². The molecule has 3 aromatic rings. The summed E-state index contributed by atoms with van der Waals surface area (Å²) in [5.41, 5.74) is 4.75. The van der Waals surface area contributed by atoms with Crippen molar-refractivity contribution in [1.29, 1.82) is 0 Å². The minimum Gasteiger partial charge on any atom is -0.384 e. The Kier molecular flexibility index (Phi) is 7.38. The molecule has 32 heavy (non-hydrogen) atoms. The highest BCUT2D eigenvalue weighted by atomic mass is 16.2. The molecule has 168 valence electrons. The van der Waals surface area contributed by atoms with E-state index >= 15 is 0 Å². The van der Waals surface area contributed by atoms with E-state index in [2.05, 4.69) is 34.9 Å². The van der Waals surface area contributed by atoms with E-state index in [1.54, 1.807) is 4.90 Å². The maximum Gasteiger partial charge on any atom is 0.253 e. The normalized spacial score (nSPS) is 16.1. The molecule has 0 radical (unpaired) electrons. The van der Waals surface area contributed by atoms with Gasteiger partial charge in [0.05, 0.1) is 11.2 Å². The van der Waals surface area contributed by atoms with Gasteiger partial charge in [-0.25, -0.2) is 4.98 Å². The molecule has 5 nitrogen and oxygen atoms in total. The minimum absolute atomic E-state index is 0.0426. The van der Waals surface area contributed by atoms with Crippen LogP contribution in [0.25, 0.3) is 22.2 Å². The highest BCUT2D eigenvalue weighted by Gasteiger charge is 2.13. The van der Waals surface area contributed by atoms with Gasteiger partial charge in [-0.2, -0.15) is 0 Å². The Morgan fingerprint density at radius 2 is 2.00 bits per heavy atom. The highest BCUT2D eigenvalue weighted by Crippen LogP contribution is 2.29. The van der Waals surface area contributed by atoms with Crippen molar-refractivity contribution in [2.45, 2.75) is 32.6 Å². The number of piperidine rings is 1. The van der Waals surface area contributed by atoms with Crippen LogP contribution in [-0.4, -0.2) is 49.0 Å². The van der Waals surface area contributed by atoms with Crippen LogP contribution in [0, 0.1) is 5.92 Å². The van der Waals surface area contributed by atoms with Crippen LogP contribution in [0.2, 0.25) is 0 Å². The van der Waals surface area contributed by atoms with Gasteiger partial charge in [-0.05, 0) is 75.9 Å². The number of carbonyl (C=O) groups is 1. The van der Waals surface area contributed by atoms with Gasteiger partial charge in [0.15, 0.2) is 0 Å². The third-order valence-electron chi connectivity index (χ3n) is 6.47. The van der Waals surface area contributed by atoms with Gasteiger partial charge in [0.2, 0.25) is 0 Å². The van der Waals surface area contributed by atoms with Crippen molar-refractivity contribution >= 4 is 22.5 Å². The topological polar surface area (TPSA) is 57.3 Å². The number of pyridine rings is 1. The number of rotatable bonds is 8. The Labute approximate surface area is 191 Å². The molecular weight excluding hydrogens is 396 g/mol. The largest absolute Gasteiger partial charge is 0.384 e. The first-order chi connectivity index (χ1) is 15.7. The number of fused-ring (bicyclic) bond motifs is 1. The quantitative estimate of drug-likeness (QED) is 0.483. The van der Waals surface area contributed by atoms with Gasteiger partial charge in [0.1, 0.15) is 0 Å². The number of anilines is 1. The Morgan fingerprint density at radius 3 is 2.75 bits per heavy atom. The zero-order chi connectivity index (χ0) is 22.3. The molecule has 1 aliphatic heterocycles. The van der Waals surface area contributed by atoms with Crippen LogP contribution in [0.5, 0.6) is 0 Å². The van der Waals surface area contributed by atoms with Crippen molar-refractivity contribution in [2.75, 3.05) is 38.5 Å². The number of aromatic nitrogens is 1. The molecule has 1 aliphatic rings. The average Bonchev–Trinajstić information content (AvgIpc) is 2.86. The summed E-state index contributed by atoms with van der Waals surface area (Å²) in [4.78, 5) is 19.0. The summed E-state index contributed by atoms with van der Waals surface area (Å²) >= 11 is 0. The third kappa shape index (κ3) is 5.28. The molecule has 1 saturated heterocycles. The lowest BCUT2D eigenvalue weighted by Crippen LogP contribution is -2.29. The first-order valence-electron chi connectivity index (χ1n) is 11.9. The summed E-state index contributed by atoms with van der Waals surface area (Å²) in [5, 5.41) is 8.32. The van der Waals surface area contributed by atoms with E-state index < -0.39 is 0 Å². The smallest absolute Gasteiger partial charge is 0.253 e. The van der Waals surface area contributed by atoms with Crippen molar-refractivity contribution in [3.8, 4) is 11.3 Å². The summed E-state index contributed by atoms with van der Waals surface area (Å²) in [6.45, 7) is 5.96. The summed E-state index contributed by atoms with van der Waals surface area (Å²) in [5.74, 6) is 0.851. The number of benzene rings is 2. The molecule has 1 fully saturated rings. The van der Waals surface area contributed by atoms with E-state index in [4.69, 9.17) is 4.98 Å². The van der Waals surface area contributed by atoms with E-state index in [-0.39, 0.29) is 5.91 Å². The van der Waals surface area contributed by atoms with Gasteiger partial charge in [-0.15, -0.1) is 0 Å². The zero-order valence-corrected chi connectivity index (χ0v) is 19.2. The lowest BCUT2D eigenvalue weighted by Gasteiger charge is -2.22. The molecule has 2 N–H and O–H groups in total. The molecule has 0 bridgehead atoms. The second-order valence-corrected chi connectivity index (χ2v) is 8.75. The number of carbonyl (C=O) groups excluding carboxylic acids is 1. The van der Waals surface area contributed by atoms with Gasteiger partial charge < -0.3 is 15.5 Å². The molecule has 1 amide bonds. The van der Waals surface area contributed by atoms with Crippen molar-refractivity contribution in [3.05, 3.63) is 60.2 Å². The van der Waals surface area contributed by atoms with Crippen molar-refractivity contribution in [2.24, 2.45) is 5.92 Å². The van der Waals surface area contributed by atoms with Gasteiger partial charge in [-0.1, -0.05) is 30.3 Å². The minimum atomic E-state index is 0.0426. The Bertz CT molecular complexity index is 1040. The monoisotopic (exact) mass is 430 g/mol. The summed E-state index contributed by atoms with van der Waals surface area (Å²) < 4.78 is 0. The average molecular weight is 431 g/mol. The Hall–Kier alpha value is -2.92. The fourth-order valence-electron chi connectivity index (χ4n) is 4.40.